The summed E-state index contributed by atoms with van der Waals surface area (Å²) in [6, 6.07) is 4.11. The molecule has 2 aromatic heterocycles. The molecule has 0 aliphatic heterocycles. The molecule has 0 unspecified atom stereocenters. The van der Waals surface area contributed by atoms with Gasteiger partial charge in [-0.15, -0.1) is 12.4 Å². The highest BCUT2D eigenvalue weighted by Gasteiger charge is 2.01. The number of halogens is 1. The molecule has 0 bridgehead atoms. The molecule has 0 saturated heterocycles. The quantitative estimate of drug-likeness (QED) is 0.821. The van der Waals surface area contributed by atoms with Gasteiger partial charge in [0, 0.05) is 18.9 Å². The number of rotatable bonds is 2. The summed E-state index contributed by atoms with van der Waals surface area (Å²) in [6.07, 6.45) is 4.08. The third-order valence-electron chi connectivity index (χ3n) is 2.09. The standard InChI is InChI=1S/C10H13N3.ClH/c1-8-4-3-5-13-7-9(6-11-2)12-10(8)13;/h3-5,7,11H,6H2,1-2H3;1H. The van der Waals surface area contributed by atoms with Crippen molar-refractivity contribution in [3.8, 4) is 0 Å². The van der Waals surface area contributed by atoms with E-state index >= 15 is 0 Å². The average Bonchev–Trinajstić information content (AvgIpc) is 2.49. The largest absolute Gasteiger partial charge is 0.314 e. The Bertz CT molecular complexity index is 422. The highest BCUT2D eigenvalue weighted by molar-refractivity contribution is 5.85. The molecule has 0 aliphatic rings. The number of pyridine rings is 1. The van der Waals surface area contributed by atoms with Gasteiger partial charge in [-0.2, -0.15) is 0 Å². The first-order valence-corrected chi connectivity index (χ1v) is 4.39. The number of imidazole rings is 1. The van der Waals surface area contributed by atoms with Crippen molar-refractivity contribution in [3.63, 3.8) is 0 Å². The van der Waals surface area contributed by atoms with E-state index in [9.17, 15) is 0 Å². The second-order valence-corrected chi connectivity index (χ2v) is 3.18. The normalized spacial score (nSPS) is 10.1. The van der Waals surface area contributed by atoms with E-state index in [-0.39, 0.29) is 12.4 Å². The van der Waals surface area contributed by atoms with Crippen molar-refractivity contribution in [3.05, 3.63) is 35.8 Å². The molecule has 14 heavy (non-hydrogen) atoms. The molecule has 1 N–H and O–H groups in total. The van der Waals surface area contributed by atoms with Crippen molar-refractivity contribution < 1.29 is 0 Å². The Labute approximate surface area is 89.6 Å². The highest BCUT2D eigenvalue weighted by atomic mass is 35.5. The average molecular weight is 212 g/mol. The van der Waals surface area contributed by atoms with Crippen LogP contribution < -0.4 is 5.32 Å². The first kappa shape index (κ1) is 11.0. The van der Waals surface area contributed by atoms with Crippen LogP contribution in [-0.2, 0) is 6.54 Å². The van der Waals surface area contributed by atoms with Crippen molar-refractivity contribution in [1.29, 1.82) is 0 Å². The topological polar surface area (TPSA) is 29.3 Å². The number of hydrogen-bond donors (Lipinski definition) is 1. The zero-order chi connectivity index (χ0) is 9.26. The summed E-state index contributed by atoms with van der Waals surface area (Å²) in [5.74, 6) is 0. The summed E-state index contributed by atoms with van der Waals surface area (Å²) < 4.78 is 2.06. The van der Waals surface area contributed by atoms with Crippen LogP contribution in [0.25, 0.3) is 5.65 Å². The van der Waals surface area contributed by atoms with Gasteiger partial charge in [0.25, 0.3) is 0 Å². The van der Waals surface area contributed by atoms with E-state index in [1.54, 1.807) is 0 Å². The minimum absolute atomic E-state index is 0. The lowest BCUT2D eigenvalue weighted by atomic mass is 10.3. The van der Waals surface area contributed by atoms with Crippen LogP contribution in [0.5, 0.6) is 0 Å². The monoisotopic (exact) mass is 211 g/mol. The zero-order valence-corrected chi connectivity index (χ0v) is 9.14. The Morgan fingerprint density at radius 1 is 1.50 bits per heavy atom. The van der Waals surface area contributed by atoms with Crippen molar-refractivity contribution in [1.82, 2.24) is 14.7 Å². The van der Waals surface area contributed by atoms with Gasteiger partial charge in [-0.25, -0.2) is 4.98 Å². The maximum Gasteiger partial charge on any atom is 0.139 e. The molecule has 4 heteroatoms. The number of hydrogen-bond acceptors (Lipinski definition) is 2. The zero-order valence-electron chi connectivity index (χ0n) is 8.32. The molecule has 0 atom stereocenters. The van der Waals surface area contributed by atoms with Gasteiger partial charge in [-0.3, -0.25) is 0 Å². The number of nitrogens with zero attached hydrogens (tertiary/aromatic N) is 2. The second kappa shape index (κ2) is 4.44. The van der Waals surface area contributed by atoms with Gasteiger partial charge >= 0.3 is 0 Å². The fourth-order valence-corrected chi connectivity index (χ4v) is 1.47. The van der Waals surface area contributed by atoms with E-state index in [4.69, 9.17) is 0 Å². The van der Waals surface area contributed by atoms with Crippen LogP contribution in [0, 0.1) is 6.92 Å². The summed E-state index contributed by atoms with van der Waals surface area (Å²) in [4.78, 5) is 4.50. The minimum Gasteiger partial charge on any atom is -0.314 e. The summed E-state index contributed by atoms with van der Waals surface area (Å²) in [5, 5.41) is 3.09. The van der Waals surface area contributed by atoms with Gasteiger partial charge in [0.1, 0.15) is 5.65 Å². The maximum absolute atomic E-state index is 4.50. The van der Waals surface area contributed by atoms with Gasteiger partial charge in [0.2, 0.25) is 0 Å². The molecule has 0 fully saturated rings. The molecule has 3 nitrogen and oxygen atoms in total. The predicted molar refractivity (Wildman–Crippen MR) is 59.9 cm³/mol. The van der Waals surface area contributed by atoms with E-state index in [1.165, 1.54) is 5.56 Å². The van der Waals surface area contributed by atoms with Gasteiger partial charge in [0.15, 0.2) is 0 Å². The Kier molecular flexibility index (Phi) is 3.49. The molecule has 0 spiro atoms. The van der Waals surface area contributed by atoms with E-state index in [1.807, 2.05) is 19.3 Å². The van der Waals surface area contributed by atoms with Gasteiger partial charge in [-0.05, 0) is 25.6 Å². The van der Waals surface area contributed by atoms with Crippen molar-refractivity contribution >= 4 is 18.1 Å². The van der Waals surface area contributed by atoms with Crippen LogP contribution in [0.15, 0.2) is 24.5 Å². The predicted octanol–water partition coefficient (Wildman–Crippen LogP) is 1.78. The summed E-state index contributed by atoms with van der Waals surface area (Å²) in [6.45, 7) is 2.90. The Balaban J connectivity index is 0.000000980. The van der Waals surface area contributed by atoms with E-state index in [0.29, 0.717) is 0 Å². The summed E-state index contributed by atoms with van der Waals surface area (Å²) in [5.41, 5.74) is 3.34. The SMILES string of the molecule is CNCc1cn2cccc(C)c2n1.Cl. The van der Waals surface area contributed by atoms with Crippen LogP contribution in [0.4, 0.5) is 0 Å². The number of aryl methyl sites for hydroxylation is 1. The fraction of sp³-hybridized carbons (Fsp3) is 0.300. The third-order valence-corrected chi connectivity index (χ3v) is 2.09. The molecule has 2 aromatic rings. The van der Waals surface area contributed by atoms with Gasteiger partial charge in [-0.1, -0.05) is 6.07 Å². The molecular weight excluding hydrogens is 198 g/mol. The van der Waals surface area contributed by atoms with Gasteiger partial charge in [0.05, 0.1) is 5.69 Å². The molecule has 2 heterocycles. The lowest BCUT2D eigenvalue weighted by Gasteiger charge is -1.94. The lowest BCUT2D eigenvalue weighted by Crippen LogP contribution is -2.04. The Morgan fingerprint density at radius 2 is 2.29 bits per heavy atom. The van der Waals surface area contributed by atoms with Crippen LogP contribution in [0.1, 0.15) is 11.3 Å². The van der Waals surface area contributed by atoms with Gasteiger partial charge < -0.3 is 9.72 Å². The van der Waals surface area contributed by atoms with Crippen molar-refractivity contribution in [2.45, 2.75) is 13.5 Å². The summed E-state index contributed by atoms with van der Waals surface area (Å²) in [7, 11) is 1.93. The minimum atomic E-state index is 0. The van der Waals surface area contributed by atoms with Crippen LogP contribution >= 0.6 is 12.4 Å². The Hall–Kier alpha value is -1.06. The molecular formula is C10H14ClN3. The number of fused-ring (bicyclic) bond motifs is 1. The van der Waals surface area contributed by atoms with Crippen LogP contribution in [-0.4, -0.2) is 16.4 Å². The molecule has 0 aromatic carbocycles. The second-order valence-electron chi connectivity index (χ2n) is 3.18. The van der Waals surface area contributed by atoms with Crippen molar-refractivity contribution in [2.24, 2.45) is 0 Å². The first-order valence-electron chi connectivity index (χ1n) is 4.39. The number of nitrogens with one attached hydrogen (secondary N) is 1. The number of aromatic nitrogens is 2. The van der Waals surface area contributed by atoms with E-state index < -0.39 is 0 Å². The lowest BCUT2D eigenvalue weighted by molar-refractivity contribution is 0.798. The smallest absolute Gasteiger partial charge is 0.139 e. The van der Waals surface area contributed by atoms with E-state index in [0.717, 1.165) is 17.9 Å². The molecule has 0 aliphatic carbocycles. The van der Waals surface area contributed by atoms with E-state index in [2.05, 4.69) is 33.9 Å². The first-order chi connectivity index (χ1) is 6.31. The molecule has 0 amide bonds. The fourth-order valence-electron chi connectivity index (χ4n) is 1.47. The Morgan fingerprint density at radius 3 is 2.93 bits per heavy atom. The molecule has 2 rings (SSSR count). The van der Waals surface area contributed by atoms with Crippen LogP contribution in [0.3, 0.4) is 0 Å². The summed E-state index contributed by atoms with van der Waals surface area (Å²) >= 11 is 0. The molecule has 76 valence electrons. The molecule has 0 saturated carbocycles. The maximum atomic E-state index is 4.50. The van der Waals surface area contributed by atoms with Crippen molar-refractivity contribution in [2.75, 3.05) is 7.05 Å². The van der Waals surface area contributed by atoms with Crippen LogP contribution in [0.2, 0.25) is 0 Å². The third kappa shape index (κ3) is 1.89. The highest BCUT2D eigenvalue weighted by Crippen LogP contribution is 2.09. The molecule has 0 radical (unpaired) electrons.